The summed E-state index contributed by atoms with van der Waals surface area (Å²) in [6.07, 6.45) is 5.83. The highest BCUT2D eigenvalue weighted by atomic mass is 16.2. The molecule has 5 heteroatoms. The van der Waals surface area contributed by atoms with E-state index in [4.69, 9.17) is 0 Å². The van der Waals surface area contributed by atoms with Crippen molar-refractivity contribution < 1.29 is 9.59 Å². The molecule has 1 aliphatic carbocycles. The second-order valence-electron chi connectivity index (χ2n) is 5.97. The molecule has 1 atom stereocenters. The molecule has 22 heavy (non-hydrogen) atoms. The smallest absolute Gasteiger partial charge is 0.242 e. The highest BCUT2D eigenvalue weighted by Crippen LogP contribution is 2.18. The molecule has 1 aliphatic rings. The molecule has 0 saturated heterocycles. The van der Waals surface area contributed by atoms with Crippen LogP contribution in [0.1, 0.15) is 46.0 Å². The van der Waals surface area contributed by atoms with E-state index in [0.717, 1.165) is 24.2 Å². The van der Waals surface area contributed by atoms with E-state index >= 15 is 0 Å². The van der Waals surface area contributed by atoms with E-state index < -0.39 is 0 Å². The van der Waals surface area contributed by atoms with Crippen LogP contribution in [0.25, 0.3) is 0 Å². The Morgan fingerprint density at radius 1 is 1.14 bits per heavy atom. The van der Waals surface area contributed by atoms with Crippen LogP contribution in [0.2, 0.25) is 0 Å². The lowest BCUT2D eigenvalue weighted by Crippen LogP contribution is -2.44. The second-order valence-corrected chi connectivity index (χ2v) is 5.97. The number of hydrogen-bond acceptors (Lipinski definition) is 3. The molecule has 0 bridgehead atoms. The first-order valence-corrected chi connectivity index (χ1v) is 7.99. The Labute approximate surface area is 131 Å². The first-order valence-electron chi connectivity index (χ1n) is 7.99. The fraction of sp³-hybridized carbons (Fsp3) is 0.529. The van der Waals surface area contributed by atoms with E-state index in [1.807, 2.05) is 31.2 Å². The van der Waals surface area contributed by atoms with Crippen LogP contribution in [-0.2, 0) is 9.59 Å². The Hall–Kier alpha value is -2.04. The molecule has 0 aromatic heterocycles. The van der Waals surface area contributed by atoms with E-state index in [-0.39, 0.29) is 17.9 Å². The molecule has 1 saturated carbocycles. The Bertz CT molecular complexity index is 524. The summed E-state index contributed by atoms with van der Waals surface area (Å²) in [4.78, 5) is 23.3. The molecule has 2 rings (SSSR count). The fourth-order valence-corrected chi connectivity index (χ4v) is 2.78. The van der Waals surface area contributed by atoms with Crippen molar-refractivity contribution in [3.8, 4) is 0 Å². The summed E-state index contributed by atoms with van der Waals surface area (Å²) in [6, 6.07) is 7.38. The van der Waals surface area contributed by atoms with Gasteiger partial charge in [-0.3, -0.25) is 9.59 Å². The molecule has 0 aliphatic heterocycles. The molecule has 0 heterocycles. The number of hydrogen-bond donors (Lipinski definition) is 3. The van der Waals surface area contributed by atoms with Crippen molar-refractivity contribution in [3.63, 3.8) is 0 Å². The van der Waals surface area contributed by atoms with Crippen molar-refractivity contribution >= 4 is 23.2 Å². The quantitative estimate of drug-likeness (QED) is 0.783. The van der Waals surface area contributed by atoms with Gasteiger partial charge in [-0.2, -0.15) is 0 Å². The highest BCUT2D eigenvalue weighted by Gasteiger charge is 2.19. The van der Waals surface area contributed by atoms with Gasteiger partial charge in [0.15, 0.2) is 0 Å². The van der Waals surface area contributed by atoms with Crippen LogP contribution in [0.3, 0.4) is 0 Å². The zero-order valence-electron chi connectivity index (χ0n) is 13.3. The summed E-state index contributed by atoms with van der Waals surface area (Å²) in [5, 5.41) is 9.03. The number of carbonyl (C=O) groups excluding carboxylic acids is 2. The second kappa shape index (κ2) is 7.82. The highest BCUT2D eigenvalue weighted by molar-refractivity contribution is 5.89. The molecular formula is C17H25N3O2. The Kier molecular flexibility index (Phi) is 5.81. The van der Waals surface area contributed by atoms with Gasteiger partial charge in [-0.25, -0.2) is 0 Å². The van der Waals surface area contributed by atoms with Gasteiger partial charge in [0.05, 0.1) is 0 Å². The van der Waals surface area contributed by atoms with E-state index in [9.17, 15) is 9.59 Å². The van der Waals surface area contributed by atoms with Crippen LogP contribution in [0, 0.1) is 0 Å². The maximum atomic E-state index is 12.2. The maximum Gasteiger partial charge on any atom is 0.242 e. The van der Waals surface area contributed by atoms with Crippen molar-refractivity contribution in [1.29, 1.82) is 0 Å². The Balaban J connectivity index is 1.88. The number of anilines is 2. The minimum atomic E-state index is -0.311. The average Bonchev–Trinajstić information content (AvgIpc) is 2.48. The Morgan fingerprint density at radius 3 is 2.50 bits per heavy atom. The third-order valence-corrected chi connectivity index (χ3v) is 3.91. The molecule has 5 nitrogen and oxygen atoms in total. The molecule has 0 radical (unpaired) electrons. The fourth-order valence-electron chi connectivity index (χ4n) is 2.78. The lowest BCUT2D eigenvalue weighted by atomic mass is 9.95. The van der Waals surface area contributed by atoms with Crippen LogP contribution in [0.15, 0.2) is 24.3 Å². The SMILES string of the molecule is CC(=O)Nc1cccc(N[C@@H](C)C(=O)NC2CCCCC2)c1. The molecule has 0 spiro atoms. The summed E-state index contributed by atoms with van der Waals surface area (Å²) in [6.45, 7) is 3.32. The van der Waals surface area contributed by atoms with Gasteiger partial charge in [-0.05, 0) is 38.0 Å². The van der Waals surface area contributed by atoms with Crippen molar-refractivity contribution in [2.24, 2.45) is 0 Å². The first kappa shape index (κ1) is 16.3. The predicted octanol–water partition coefficient (Wildman–Crippen LogP) is 2.89. The number of nitrogens with one attached hydrogen (secondary N) is 3. The van der Waals surface area contributed by atoms with Crippen LogP contribution in [-0.4, -0.2) is 23.9 Å². The summed E-state index contributed by atoms with van der Waals surface area (Å²) < 4.78 is 0. The normalized spacial score (nSPS) is 16.6. The van der Waals surface area contributed by atoms with Gasteiger partial charge in [0.2, 0.25) is 11.8 Å². The van der Waals surface area contributed by atoms with Crippen molar-refractivity contribution in [1.82, 2.24) is 5.32 Å². The van der Waals surface area contributed by atoms with E-state index in [0.29, 0.717) is 6.04 Å². The van der Waals surface area contributed by atoms with E-state index in [1.54, 1.807) is 0 Å². The lowest BCUT2D eigenvalue weighted by Gasteiger charge is -2.25. The van der Waals surface area contributed by atoms with Gasteiger partial charge in [0, 0.05) is 24.3 Å². The lowest BCUT2D eigenvalue weighted by molar-refractivity contribution is -0.122. The summed E-state index contributed by atoms with van der Waals surface area (Å²) in [5.41, 5.74) is 1.54. The minimum Gasteiger partial charge on any atom is -0.374 e. The number of benzene rings is 1. The van der Waals surface area contributed by atoms with Gasteiger partial charge in [0.25, 0.3) is 0 Å². The van der Waals surface area contributed by atoms with Crippen LogP contribution in [0.5, 0.6) is 0 Å². The zero-order valence-corrected chi connectivity index (χ0v) is 13.3. The molecule has 2 amide bonds. The third-order valence-electron chi connectivity index (χ3n) is 3.91. The third kappa shape index (κ3) is 5.06. The minimum absolute atomic E-state index is 0.0248. The van der Waals surface area contributed by atoms with Gasteiger partial charge >= 0.3 is 0 Å². The molecule has 0 unspecified atom stereocenters. The molecule has 1 aromatic carbocycles. The monoisotopic (exact) mass is 303 g/mol. The van der Waals surface area contributed by atoms with Gasteiger partial charge in [0.1, 0.15) is 6.04 Å². The first-order chi connectivity index (χ1) is 10.5. The summed E-state index contributed by atoms with van der Waals surface area (Å²) in [5.74, 6) is -0.0860. The van der Waals surface area contributed by atoms with Crippen LogP contribution in [0.4, 0.5) is 11.4 Å². The topological polar surface area (TPSA) is 70.2 Å². The molecule has 120 valence electrons. The number of carbonyl (C=O) groups is 2. The number of amides is 2. The maximum absolute atomic E-state index is 12.2. The van der Waals surface area contributed by atoms with Crippen molar-refractivity contribution in [3.05, 3.63) is 24.3 Å². The molecule has 1 aromatic rings. The van der Waals surface area contributed by atoms with Crippen molar-refractivity contribution in [2.75, 3.05) is 10.6 Å². The van der Waals surface area contributed by atoms with Gasteiger partial charge < -0.3 is 16.0 Å². The van der Waals surface area contributed by atoms with E-state index in [1.165, 1.54) is 26.2 Å². The predicted molar refractivity (Wildman–Crippen MR) is 88.8 cm³/mol. The van der Waals surface area contributed by atoms with Crippen LogP contribution >= 0.6 is 0 Å². The summed E-state index contributed by atoms with van der Waals surface area (Å²) >= 11 is 0. The Morgan fingerprint density at radius 2 is 1.82 bits per heavy atom. The zero-order chi connectivity index (χ0) is 15.9. The largest absolute Gasteiger partial charge is 0.374 e. The molecule has 1 fully saturated rings. The average molecular weight is 303 g/mol. The van der Waals surface area contributed by atoms with E-state index in [2.05, 4.69) is 16.0 Å². The summed E-state index contributed by atoms with van der Waals surface area (Å²) in [7, 11) is 0. The molecular weight excluding hydrogens is 278 g/mol. The van der Waals surface area contributed by atoms with Gasteiger partial charge in [-0.15, -0.1) is 0 Å². The van der Waals surface area contributed by atoms with Gasteiger partial charge in [-0.1, -0.05) is 25.3 Å². The van der Waals surface area contributed by atoms with Crippen molar-refractivity contribution in [2.45, 2.75) is 58.0 Å². The standard InChI is InChI=1S/C17H25N3O2/c1-12(17(22)20-14-7-4-3-5-8-14)18-15-9-6-10-16(11-15)19-13(2)21/h6,9-12,14,18H,3-5,7-8H2,1-2H3,(H,19,21)(H,20,22)/t12-/m0/s1. The molecule has 3 N–H and O–H groups in total. The van der Waals surface area contributed by atoms with Crippen LogP contribution < -0.4 is 16.0 Å². The number of rotatable bonds is 5.